The first-order valence-corrected chi connectivity index (χ1v) is 7.67. The van der Waals surface area contributed by atoms with Gasteiger partial charge in [-0.25, -0.2) is 0 Å². The molecule has 1 atom stereocenters. The number of benzene rings is 1. The molecule has 0 radical (unpaired) electrons. The number of anilines is 1. The van der Waals surface area contributed by atoms with Crippen LogP contribution in [-0.4, -0.2) is 21.3 Å². The molecule has 5 nitrogen and oxygen atoms in total. The van der Waals surface area contributed by atoms with E-state index in [0.29, 0.717) is 6.42 Å². The molecule has 0 aliphatic heterocycles. The third kappa shape index (κ3) is 2.70. The number of aromatic amines is 1. The van der Waals surface area contributed by atoms with Crippen molar-refractivity contribution in [3.05, 3.63) is 38.7 Å². The average molecular weight is 382 g/mol. The van der Waals surface area contributed by atoms with E-state index in [1.165, 1.54) is 3.57 Å². The molecule has 6 heteroatoms. The maximum absolute atomic E-state index is 12.4. The quantitative estimate of drug-likeness (QED) is 0.784. The molecule has 20 heavy (non-hydrogen) atoms. The van der Waals surface area contributed by atoms with E-state index in [1.54, 1.807) is 0 Å². The molecule has 1 unspecified atom stereocenters. The summed E-state index contributed by atoms with van der Waals surface area (Å²) < 4.78 is 1.17. The van der Waals surface area contributed by atoms with Crippen LogP contribution in [0.3, 0.4) is 0 Å². The van der Waals surface area contributed by atoms with Gasteiger partial charge in [0.05, 0.1) is 11.4 Å². The molecule has 0 spiro atoms. The van der Waals surface area contributed by atoms with Gasteiger partial charge in [-0.05, 0) is 66.1 Å². The lowest BCUT2D eigenvalue weighted by Crippen LogP contribution is -2.28. The second kappa shape index (κ2) is 5.51. The van der Waals surface area contributed by atoms with E-state index in [9.17, 15) is 4.79 Å². The van der Waals surface area contributed by atoms with Crippen LogP contribution < -0.4 is 5.32 Å². The number of fused-ring (bicyclic) bond motifs is 1. The minimum Gasteiger partial charge on any atom is -0.326 e. The minimum absolute atomic E-state index is 0.0220. The maximum atomic E-state index is 12.4. The van der Waals surface area contributed by atoms with Crippen molar-refractivity contribution in [3.8, 4) is 0 Å². The summed E-state index contributed by atoms with van der Waals surface area (Å²) in [6.45, 7) is 2.01. The van der Waals surface area contributed by atoms with Gasteiger partial charge in [0.2, 0.25) is 5.91 Å². The van der Waals surface area contributed by atoms with Crippen LogP contribution in [0.15, 0.2) is 18.2 Å². The van der Waals surface area contributed by atoms with Gasteiger partial charge in [-0.2, -0.15) is 15.4 Å². The van der Waals surface area contributed by atoms with E-state index in [2.05, 4.69) is 49.4 Å². The Kier molecular flexibility index (Phi) is 3.73. The average Bonchev–Trinajstić information content (AvgIpc) is 2.89. The van der Waals surface area contributed by atoms with E-state index >= 15 is 0 Å². The Morgan fingerprint density at radius 3 is 3.00 bits per heavy atom. The number of nitrogens with one attached hydrogen (secondary N) is 2. The maximum Gasteiger partial charge on any atom is 0.227 e. The fraction of sp³-hybridized carbons (Fsp3) is 0.357. The molecule has 1 amide bonds. The Morgan fingerprint density at radius 2 is 2.20 bits per heavy atom. The van der Waals surface area contributed by atoms with Crippen molar-refractivity contribution < 1.29 is 4.79 Å². The number of halogens is 1. The van der Waals surface area contributed by atoms with Gasteiger partial charge in [-0.3, -0.25) is 4.79 Å². The molecule has 1 aliphatic rings. The molecule has 2 N–H and O–H groups in total. The molecule has 0 fully saturated rings. The first-order valence-electron chi connectivity index (χ1n) is 6.59. The van der Waals surface area contributed by atoms with Crippen LogP contribution in [0.25, 0.3) is 0 Å². The lowest BCUT2D eigenvalue weighted by molar-refractivity contribution is -0.120. The number of carbonyl (C=O) groups excluding carboxylic acids is 1. The van der Waals surface area contributed by atoms with Gasteiger partial charge in [0.15, 0.2) is 0 Å². The summed E-state index contributed by atoms with van der Waals surface area (Å²) in [5.74, 6) is 0.0502. The van der Waals surface area contributed by atoms with Crippen LogP contribution in [0.5, 0.6) is 0 Å². The van der Waals surface area contributed by atoms with E-state index in [-0.39, 0.29) is 11.8 Å². The zero-order valence-corrected chi connectivity index (χ0v) is 13.3. The largest absolute Gasteiger partial charge is 0.326 e. The fourth-order valence-corrected chi connectivity index (χ4v) is 3.16. The molecular weight excluding hydrogens is 367 g/mol. The van der Waals surface area contributed by atoms with Gasteiger partial charge in [0.1, 0.15) is 0 Å². The van der Waals surface area contributed by atoms with Crippen LogP contribution >= 0.6 is 22.6 Å². The third-order valence-electron chi connectivity index (χ3n) is 3.69. The topological polar surface area (TPSA) is 70.7 Å². The van der Waals surface area contributed by atoms with Crippen LogP contribution in [0, 0.1) is 16.4 Å². The van der Waals surface area contributed by atoms with Gasteiger partial charge < -0.3 is 5.32 Å². The number of aromatic nitrogens is 3. The first-order chi connectivity index (χ1) is 9.63. The van der Waals surface area contributed by atoms with Gasteiger partial charge in [0, 0.05) is 21.6 Å². The molecule has 0 saturated heterocycles. The summed E-state index contributed by atoms with van der Waals surface area (Å²) in [6, 6.07) is 6.02. The second-order valence-electron chi connectivity index (χ2n) is 5.11. The van der Waals surface area contributed by atoms with Crippen LogP contribution in [0.1, 0.15) is 23.4 Å². The van der Waals surface area contributed by atoms with E-state index in [0.717, 1.165) is 35.5 Å². The highest BCUT2D eigenvalue weighted by molar-refractivity contribution is 14.1. The lowest BCUT2D eigenvalue weighted by atomic mass is 9.89. The number of aryl methyl sites for hydroxylation is 2. The van der Waals surface area contributed by atoms with Crippen molar-refractivity contribution in [1.29, 1.82) is 0 Å². The Hall–Kier alpha value is -1.44. The lowest BCUT2D eigenvalue weighted by Gasteiger charge is -2.20. The standard InChI is InChI=1S/C14H15IN4O/c1-8-6-10(15)3-5-11(8)16-14(20)9-2-4-12-13(7-9)18-19-17-12/h3,5-6,9H,2,4,7H2,1H3,(H,16,20)(H,17,18,19). The van der Waals surface area contributed by atoms with Gasteiger partial charge in [0.25, 0.3) is 0 Å². The monoisotopic (exact) mass is 382 g/mol. The number of hydrogen-bond acceptors (Lipinski definition) is 3. The van der Waals surface area contributed by atoms with Gasteiger partial charge in [-0.15, -0.1) is 0 Å². The number of rotatable bonds is 2. The minimum atomic E-state index is -0.0220. The van der Waals surface area contributed by atoms with Crippen molar-refractivity contribution in [3.63, 3.8) is 0 Å². The van der Waals surface area contributed by atoms with Crippen molar-refractivity contribution in [2.24, 2.45) is 5.92 Å². The van der Waals surface area contributed by atoms with E-state index in [4.69, 9.17) is 0 Å². The number of amides is 1. The zero-order chi connectivity index (χ0) is 14.1. The molecule has 0 bridgehead atoms. The smallest absolute Gasteiger partial charge is 0.227 e. The molecule has 3 rings (SSSR count). The summed E-state index contributed by atoms with van der Waals surface area (Å²) in [5, 5.41) is 13.9. The van der Waals surface area contributed by atoms with E-state index < -0.39 is 0 Å². The Morgan fingerprint density at radius 1 is 1.40 bits per heavy atom. The van der Waals surface area contributed by atoms with Gasteiger partial charge in [-0.1, -0.05) is 0 Å². The highest BCUT2D eigenvalue weighted by Gasteiger charge is 2.27. The van der Waals surface area contributed by atoms with E-state index in [1.807, 2.05) is 19.1 Å². The van der Waals surface area contributed by atoms with Crippen LogP contribution in [-0.2, 0) is 17.6 Å². The zero-order valence-electron chi connectivity index (χ0n) is 11.1. The predicted molar refractivity (Wildman–Crippen MR) is 84.4 cm³/mol. The SMILES string of the molecule is Cc1cc(I)ccc1NC(=O)C1CCc2n[nH]nc2C1. The summed E-state index contributed by atoms with van der Waals surface area (Å²) >= 11 is 2.27. The molecule has 104 valence electrons. The second-order valence-corrected chi connectivity index (χ2v) is 6.35. The normalized spacial score (nSPS) is 17.6. The summed E-state index contributed by atoms with van der Waals surface area (Å²) in [5.41, 5.74) is 3.90. The summed E-state index contributed by atoms with van der Waals surface area (Å²) in [6.07, 6.45) is 2.31. The molecule has 2 aromatic rings. The molecule has 1 aromatic heterocycles. The molecular formula is C14H15IN4O. The molecule has 1 aliphatic carbocycles. The van der Waals surface area contributed by atoms with Crippen molar-refractivity contribution in [2.45, 2.75) is 26.2 Å². The third-order valence-corrected chi connectivity index (χ3v) is 4.36. The summed E-state index contributed by atoms with van der Waals surface area (Å²) in [7, 11) is 0. The van der Waals surface area contributed by atoms with Crippen LogP contribution in [0.4, 0.5) is 5.69 Å². The van der Waals surface area contributed by atoms with Gasteiger partial charge >= 0.3 is 0 Å². The Labute approximate surface area is 130 Å². The highest BCUT2D eigenvalue weighted by atomic mass is 127. The van der Waals surface area contributed by atoms with Crippen molar-refractivity contribution >= 4 is 34.2 Å². The van der Waals surface area contributed by atoms with Crippen molar-refractivity contribution in [1.82, 2.24) is 15.4 Å². The van der Waals surface area contributed by atoms with Crippen LogP contribution in [0.2, 0.25) is 0 Å². The first kappa shape index (κ1) is 13.5. The number of carbonyl (C=O) groups is 1. The summed E-state index contributed by atoms with van der Waals surface area (Å²) in [4.78, 5) is 12.4. The molecule has 1 aromatic carbocycles. The Balaban J connectivity index is 1.71. The number of H-pyrrole nitrogens is 1. The molecule has 0 saturated carbocycles. The van der Waals surface area contributed by atoms with Crippen molar-refractivity contribution in [2.75, 3.05) is 5.32 Å². The fourth-order valence-electron chi connectivity index (χ4n) is 2.51. The highest BCUT2D eigenvalue weighted by Crippen LogP contribution is 2.25. The molecule has 1 heterocycles. The Bertz CT molecular complexity index is 652. The predicted octanol–water partition coefficient (Wildman–Crippen LogP) is 2.46. The number of nitrogens with zero attached hydrogens (tertiary/aromatic N) is 2. The number of hydrogen-bond donors (Lipinski definition) is 2.